The molecule has 0 bridgehead atoms. The molecular formula is C52H40N16O13. The average molecular weight is 1100 g/mol. The number of benzene rings is 4. The summed E-state index contributed by atoms with van der Waals surface area (Å²) in [6.45, 7) is 0.237. The molecule has 2 amide bonds. The number of pyridine rings is 2. The number of unbranched alkanes of at least 4 members (excludes halogenated alkanes) is 1. The van der Waals surface area contributed by atoms with Crippen molar-refractivity contribution in [2.75, 3.05) is 18.4 Å². The van der Waals surface area contributed by atoms with Gasteiger partial charge in [-0.2, -0.15) is 5.11 Å². The van der Waals surface area contributed by atoms with E-state index in [0.717, 1.165) is 6.07 Å². The summed E-state index contributed by atoms with van der Waals surface area (Å²) in [4.78, 5) is 82.6. The maximum atomic E-state index is 13.9. The number of rotatable bonds is 21. The second-order valence-corrected chi connectivity index (χ2v) is 17.3. The quantitative estimate of drug-likeness (QED) is 0.0246. The molecule has 0 radical (unpaired) electrons. The molecular weight excluding hydrogens is 1060 g/mol. The van der Waals surface area contributed by atoms with Gasteiger partial charge in [-0.1, -0.05) is 15.6 Å². The van der Waals surface area contributed by atoms with Crippen molar-refractivity contribution in [1.82, 2.24) is 65.6 Å². The summed E-state index contributed by atoms with van der Waals surface area (Å²) in [5.41, 5.74) is 8.96. The van der Waals surface area contributed by atoms with Crippen LogP contribution in [-0.4, -0.2) is 140 Å². The van der Waals surface area contributed by atoms with E-state index < -0.39 is 47.0 Å². The first-order chi connectivity index (χ1) is 39.0. The number of phenols is 4. The van der Waals surface area contributed by atoms with Gasteiger partial charge in [0, 0.05) is 60.4 Å². The van der Waals surface area contributed by atoms with Crippen molar-refractivity contribution in [3.8, 4) is 74.2 Å². The minimum absolute atomic E-state index is 0.00792. The van der Waals surface area contributed by atoms with Gasteiger partial charge in [0.15, 0.2) is 6.29 Å². The highest BCUT2D eigenvalue weighted by atomic mass is 16.4. The van der Waals surface area contributed by atoms with E-state index in [1.165, 1.54) is 130 Å². The molecule has 29 heteroatoms. The smallest absolute Gasteiger partial charge is 0.339 e. The molecule has 0 fully saturated rings. The van der Waals surface area contributed by atoms with Gasteiger partial charge in [0.05, 0.1) is 64.0 Å². The lowest BCUT2D eigenvalue weighted by Crippen LogP contribution is -2.27. The van der Waals surface area contributed by atoms with Gasteiger partial charge in [0.1, 0.15) is 62.5 Å². The minimum Gasteiger partial charge on any atom is -0.507 e. The Kier molecular flexibility index (Phi) is 15.3. The van der Waals surface area contributed by atoms with Crippen molar-refractivity contribution in [1.29, 1.82) is 5.53 Å². The van der Waals surface area contributed by atoms with Gasteiger partial charge in [-0.05, 0) is 85.6 Å². The van der Waals surface area contributed by atoms with Crippen molar-refractivity contribution >= 4 is 47.4 Å². The molecule has 5 heterocycles. The zero-order valence-corrected chi connectivity index (χ0v) is 41.4. The summed E-state index contributed by atoms with van der Waals surface area (Å²) in [5, 5.41) is 106. The number of nitrogens with one attached hydrogen (secondary N) is 4. The highest BCUT2D eigenvalue weighted by molar-refractivity contribution is 5.97. The number of carbonyl (C=O) groups excluding carboxylic acids is 3. The van der Waals surface area contributed by atoms with Crippen LogP contribution in [0.1, 0.15) is 80.7 Å². The fourth-order valence-corrected chi connectivity index (χ4v) is 7.81. The number of hydrogen-bond acceptors (Lipinski definition) is 21. The van der Waals surface area contributed by atoms with Crippen LogP contribution in [0.2, 0.25) is 0 Å². The van der Waals surface area contributed by atoms with Gasteiger partial charge >= 0.3 is 17.9 Å². The third-order valence-corrected chi connectivity index (χ3v) is 12.0. The Hall–Kier alpha value is -12.0. The Labute approximate surface area is 453 Å². The van der Waals surface area contributed by atoms with Crippen molar-refractivity contribution in [3.63, 3.8) is 0 Å². The molecule has 0 unspecified atom stereocenters. The fourth-order valence-electron chi connectivity index (χ4n) is 7.81. The largest absolute Gasteiger partial charge is 0.507 e. The molecule has 4 aromatic carbocycles. The Bertz CT molecular complexity index is 3920. The van der Waals surface area contributed by atoms with Crippen LogP contribution in [0.15, 0.2) is 127 Å². The highest BCUT2D eigenvalue weighted by Gasteiger charge is 2.21. The second-order valence-electron chi connectivity index (χ2n) is 17.3. The molecule has 0 aliphatic carbocycles. The molecule has 0 aliphatic rings. The normalized spacial score (nSPS) is 11.2. The van der Waals surface area contributed by atoms with Crippen molar-refractivity contribution in [3.05, 3.63) is 161 Å². The molecule has 11 N–H and O–H groups in total. The first kappa shape index (κ1) is 53.8. The van der Waals surface area contributed by atoms with Gasteiger partial charge in [-0.25, -0.2) is 43.9 Å². The Morgan fingerprint density at radius 3 is 1.36 bits per heavy atom. The fraction of sp³-hybridized carbons (Fsp3) is 0.0769. The van der Waals surface area contributed by atoms with Crippen LogP contribution in [0.5, 0.6) is 23.0 Å². The third kappa shape index (κ3) is 12.0. The molecule has 9 aromatic rings. The lowest BCUT2D eigenvalue weighted by molar-refractivity contribution is 0.0682. The van der Waals surface area contributed by atoms with Gasteiger partial charge in [0.2, 0.25) is 0 Å². The zero-order valence-electron chi connectivity index (χ0n) is 41.4. The molecule has 0 atom stereocenters. The summed E-state index contributed by atoms with van der Waals surface area (Å²) in [6, 6.07) is 21.1. The van der Waals surface area contributed by atoms with Crippen LogP contribution >= 0.6 is 0 Å². The molecule has 0 saturated heterocycles. The zero-order chi connectivity index (χ0) is 57.5. The van der Waals surface area contributed by atoms with Crippen molar-refractivity contribution in [2.45, 2.75) is 12.8 Å². The number of hydrogen-bond donors (Lipinski definition) is 11. The van der Waals surface area contributed by atoms with Crippen molar-refractivity contribution in [2.24, 2.45) is 5.11 Å². The lowest BCUT2D eigenvalue weighted by Gasteiger charge is -2.10. The SMILES string of the molecule is N=N/C(=C\Nc1ccc(C(=O)O)c(O)c1)c1cc(C(=O)NCCCCNC(=O)c2cc(-c3cn(-c4ccc(C(=O)O)c(O)c4)nn3)nc(-c3cn(-c4ccc(C(=O)O)c(O)c4)nn3)c2)cc(-c2cn(-c3ccc(C=O)c(O)c3)nn2)n1. The number of carboxylic acids is 3. The maximum absolute atomic E-state index is 13.9. The number of carboxylic acid groups (broad SMARTS) is 3. The first-order valence-electron chi connectivity index (χ1n) is 23.7. The third-order valence-electron chi connectivity index (χ3n) is 12.0. The summed E-state index contributed by atoms with van der Waals surface area (Å²) in [5.74, 6) is -7.01. The lowest BCUT2D eigenvalue weighted by atomic mass is 10.1. The number of aromatic hydroxyl groups is 4. The number of aromatic carboxylic acids is 3. The number of phenolic OH excluding ortho intramolecular Hbond substituents is 1. The predicted octanol–water partition coefficient (Wildman–Crippen LogP) is 5.33. The summed E-state index contributed by atoms with van der Waals surface area (Å²) in [6.07, 6.45) is 6.77. The highest BCUT2D eigenvalue weighted by Crippen LogP contribution is 2.29. The number of anilines is 1. The van der Waals surface area contributed by atoms with Gasteiger partial charge in [-0.15, -0.1) is 15.3 Å². The monoisotopic (exact) mass is 1100 g/mol. The van der Waals surface area contributed by atoms with Crippen LogP contribution in [0, 0.1) is 5.53 Å². The van der Waals surface area contributed by atoms with E-state index >= 15 is 0 Å². The van der Waals surface area contributed by atoms with Crippen LogP contribution in [0.4, 0.5) is 5.69 Å². The number of aromatic nitrogens is 11. The molecule has 9 rings (SSSR count). The van der Waals surface area contributed by atoms with Crippen LogP contribution < -0.4 is 16.0 Å². The van der Waals surface area contributed by atoms with Crippen LogP contribution in [0.3, 0.4) is 0 Å². The maximum Gasteiger partial charge on any atom is 0.339 e. The topological polar surface area (TPSA) is 434 Å². The van der Waals surface area contributed by atoms with Crippen LogP contribution in [0.25, 0.3) is 56.9 Å². The molecule has 5 aromatic heterocycles. The number of amides is 2. The molecule has 0 aliphatic heterocycles. The molecule has 406 valence electrons. The van der Waals surface area contributed by atoms with E-state index in [-0.39, 0.29) is 115 Å². The second kappa shape index (κ2) is 23.1. The van der Waals surface area contributed by atoms with E-state index in [1.54, 1.807) is 0 Å². The Morgan fingerprint density at radius 2 is 0.938 bits per heavy atom. The molecule has 0 spiro atoms. The van der Waals surface area contributed by atoms with Gasteiger partial charge in [0.25, 0.3) is 11.8 Å². The van der Waals surface area contributed by atoms with Crippen molar-refractivity contribution < 1.29 is 64.5 Å². The average Bonchev–Trinajstić information content (AvgIpc) is 4.38. The van der Waals surface area contributed by atoms with E-state index in [9.17, 15) is 64.5 Å². The molecule has 81 heavy (non-hydrogen) atoms. The number of aldehydes is 1. The van der Waals surface area contributed by atoms with Crippen LogP contribution in [-0.2, 0) is 0 Å². The Morgan fingerprint density at radius 1 is 0.519 bits per heavy atom. The van der Waals surface area contributed by atoms with E-state index in [2.05, 4.69) is 62.0 Å². The minimum atomic E-state index is -1.35. The van der Waals surface area contributed by atoms with Gasteiger partial charge < -0.3 is 51.7 Å². The number of nitrogens with zero attached hydrogens (tertiary/aromatic N) is 12. The standard InChI is InChI=1S/C52H40N16O13/c53-59-40(21-56-29-4-8-33(50(76)77)45(71)17-29)36-13-27(14-37(57-36)41-22-66(63-60-41)30-5-3-26(25-69)44(70)18-30)48(74)54-11-1-2-12-55-49(75)28-15-38(42-23-67(64-61-42)31-6-9-34(51(78)79)46(72)19-31)58-39(16-28)43-24-68(65-62-43)32-7-10-35(52(80)81)47(73)20-32/h3-10,13-25,53,56,70-73H,1-2,11-12H2,(H,54,74)(H,55,75)(H,76,77)(H,78,79)(H,80,81)/b40-21-,59-53?. The molecule has 0 saturated carbocycles. The van der Waals surface area contributed by atoms with E-state index in [1.807, 2.05) is 0 Å². The predicted molar refractivity (Wildman–Crippen MR) is 280 cm³/mol. The first-order valence-corrected chi connectivity index (χ1v) is 23.7. The summed E-state index contributed by atoms with van der Waals surface area (Å²) in [7, 11) is 0. The van der Waals surface area contributed by atoms with E-state index in [4.69, 9.17) is 5.53 Å². The molecule has 29 nitrogen and oxygen atoms in total. The van der Waals surface area contributed by atoms with Gasteiger partial charge in [-0.3, -0.25) is 14.4 Å². The summed E-state index contributed by atoms with van der Waals surface area (Å²) >= 11 is 0. The van der Waals surface area contributed by atoms with E-state index in [0.29, 0.717) is 24.8 Å². The summed E-state index contributed by atoms with van der Waals surface area (Å²) < 4.78 is 3.81. The number of carbonyl (C=O) groups is 6. The Balaban J connectivity index is 0.912.